The molecule has 0 spiro atoms. The molecule has 0 bridgehead atoms. The maximum absolute atomic E-state index is 12.3. The fourth-order valence-corrected chi connectivity index (χ4v) is 2.46. The molecular weight excluding hydrogens is 348 g/mol. The first-order valence-corrected chi connectivity index (χ1v) is 8.47. The summed E-state index contributed by atoms with van der Waals surface area (Å²) >= 11 is 0. The van der Waals surface area contributed by atoms with Crippen LogP contribution in [-0.2, 0) is 11.3 Å². The summed E-state index contributed by atoms with van der Waals surface area (Å²) in [5, 5.41) is 5.53. The van der Waals surface area contributed by atoms with Gasteiger partial charge >= 0.3 is 0 Å². The average molecular weight is 372 g/mol. The number of hydrogen-bond acceptors (Lipinski definition) is 5. The van der Waals surface area contributed by atoms with E-state index in [0.29, 0.717) is 23.6 Å². The topological polar surface area (TPSA) is 85.9 Å². The molecule has 0 fully saturated rings. The van der Waals surface area contributed by atoms with Gasteiger partial charge < -0.3 is 24.8 Å². The molecule has 0 aliphatic rings. The van der Waals surface area contributed by atoms with E-state index in [4.69, 9.17) is 14.2 Å². The molecule has 2 rings (SSSR count). The minimum atomic E-state index is -0.301. The van der Waals surface area contributed by atoms with Gasteiger partial charge in [0.1, 0.15) is 17.2 Å². The summed E-state index contributed by atoms with van der Waals surface area (Å²) in [5.41, 5.74) is 1.29. The fourth-order valence-electron chi connectivity index (χ4n) is 2.46. The zero-order valence-electron chi connectivity index (χ0n) is 15.7. The van der Waals surface area contributed by atoms with Gasteiger partial charge in [-0.1, -0.05) is 18.2 Å². The van der Waals surface area contributed by atoms with Crippen LogP contribution in [0.4, 0.5) is 0 Å². The Bertz CT molecular complexity index is 769. The Morgan fingerprint density at radius 3 is 2.19 bits per heavy atom. The Labute approximate surface area is 158 Å². The highest BCUT2D eigenvalue weighted by Gasteiger charge is 2.11. The molecule has 2 N–H and O–H groups in total. The van der Waals surface area contributed by atoms with Crippen LogP contribution in [0.25, 0.3) is 0 Å². The molecule has 144 valence electrons. The number of ether oxygens (including phenoxy) is 3. The Morgan fingerprint density at radius 2 is 1.56 bits per heavy atom. The van der Waals surface area contributed by atoms with Crippen LogP contribution in [-0.4, -0.2) is 39.7 Å². The summed E-state index contributed by atoms with van der Waals surface area (Å²) < 4.78 is 15.5. The Morgan fingerprint density at radius 1 is 0.889 bits per heavy atom. The van der Waals surface area contributed by atoms with Crippen molar-refractivity contribution in [2.75, 3.05) is 27.9 Å². The van der Waals surface area contributed by atoms with E-state index in [0.717, 1.165) is 11.3 Å². The number of nitrogens with one attached hydrogen (secondary N) is 2. The van der Waals surface area contributed by atoms with Crippen molar-refractivity contribution in [3.63, 3.8) is 0 Å². The van der Waals surface area contributed by atoms with Gasteiger partial charge in [0.15, 0.2) is 0 Å². The van der Waals surface area contributed by atoms with Gasteiger partial charge in [-0.05, 0) is 18.2 Å². The van der Waals surface area contributed by atoms with Gasteiger partial charge in [-0.25, -0.2) is 0 Å². The van der Waals surface area contributed by atoms with Crippen LogP contribution in [0.15, 0.2) is 42.5 Å². The van der Waals surface area contributed by atoms with Crippen molar-refractivity contribution in [3.05, 3.63) is 53.6 Å². The number of carbonyl (C=O) groups excluding carboxylic acids is 2. The van der Waals surface area contributed by atoms with Crippen molar-refractivity contribution in [2.24, 2.45) is 0 Å². The van der Waals surface area contributed by atoms with E-state index in [9.17, 15) is 9.59 Å². The molecule has 2 amide bonds. The van der Waals surface area contributed by atoms with Crippen molar-refractivity contribution in [3.8, 4) is 17.2 Å². The lowest BCUT2D eigenvalue weighted by Gasteiger charge is -2.11. The summed E-state index contributed by atoms with van der Waals surface area (Å²) in [7, 11) is 4.62. The molecule has 7 heteroatoms. The van der Waals surface area contributed by atoms with Gasteiger partial charge in [-0.15, -0.1) is 0 Å². The van der Waals surface area contributed by atoms with E-state index in [-0.39, 0.29) is 24.8 Å². The predicted octanol–water partition coefficient (Wildman–Crippen LogP) is 2.15. The van der Waals surface area contributed by atoms with E-state index in [2.05, 4.69) is 10.6 Å². The van der Waals surface area contributed by atoms with Crippen molar-refractivity contribution in [1.29, 1.82) is 0 Å². The molecule has 0 atom stereocenters. The van der Waals surface area contributed by atoms with Crippen LogP contribution >= 0.6 is 0 Å². The van der Waals surface area contributed by atoms with Crippen molar-refractivity contribution >= 4 is 11.8 Å². The minimum Gasteiger partial charge on any atom is -0.497 e. The number of carbonyl (C=O) groups is 2. The summed E-state index contributed by atoms with van der Waals surface area (Å²) in [6.07, 6.45) is 0.169. The number of hydrogen-bond donors (Lipinski definition) is 2. The number of amides is 2. The van der Waals surface area contributed by atoms with Crippen LogP contribution in [0.3, 0.4) is 0 Å². The zero-order valence-corrected chi connectivity index (χ0v) is 15.7. The Balaban J connectivity index is 1.81. The molecule has 0 radical (unpaired) electrons. The smallest absolute Gasteiger partial charge is 0.251 e. The number of methoxy groups -OCH3 is 3. The van der Waals surface area contributed by atoms with Crippen LogP contribution in [0, 0.1) is 0 Å². The Hall–Kier alpha value is -3.22. The maximum Gasteiger partial charge on any atom is 0.251 e. The molecule has 0 aromatic heterocycles. The Kier molecular flexibility index (Phi) is 7.49. The molecule has 2 aromatic carbocycles. The lowest BCUT2D eigenvalue weighted by atomic mass is 10.2. The third-order valence-corrected chi connectivity index (χ3v) is 3.92. The number of para-hydroxylation sites is 1. The number of benzene rings is 2. The molecule has 7 nitrogen and oxygen atoms in total. The summed E-state index contributed by atoms with van der Waals surface area (Å²) in [4.78, 5) is 24.2. The maximum atomic E-state index is 12.3. The van der Waals surface area contributed by atoms with Crippen LogP contribution < -0.4 is 24.8 Å². The van der Waals surface area contributed by atoms with Gasteiger partial charge in [0, 0.05) is 36.7 Å². The van der Waals surface area contributed by atoms with E-state index >= 15 is 0 Å². The molecule has 0 unspecified atom stereocenters. The first kappa shape index (κ1) is 20.1. The zero-order chi connectivity index (χ0) is 19.6. The molecule has 0 aliphatic carbocycles. The molecule has 0 aliphatic heterocycles. The highest BCUT2D eigenvalue weighted by Crippen LogP contribution is 2.22. The first-order valence-electron chi connectivity index (χ1n) is 8.47. The molecule has 2 aromatic rings. The lowest BCUT2D eigenvalue weighted by Crippen LogP contribution is -2.30. The van der Waals surface area contributed by atoms with E-state index in [1.54, 1.807) is 25.3 Å². The molecule has 27 heavy (non-hydrogen) atoms. The predicted molar refractivity (Wildman–Crippen MR) is 101 cm³/mol. The van der Waals surface area contributed by atoms with Crippen molar-refractivity contribution in [2.45, 2.75) is 13.0 Å². The van der Waals surface area contributed by atoms with Gasteiger partial charge in [-0.3, -0.25) is 9.59 Å². The third-order valence-electron chi connectivity index (χ3n) is 3.92. The monoisotopic (exact) mass is 372 g/mol. The second kappa shape index (κ2) is 10.1. The van der Waals surface area contributed by atoms with Gasteiger partial charge in [0.2, 0.25) is 5.91 Å². The second-order valence-electron chi connectivity index (χ2n) is 5.70. The van der Waals surface area contributed by atoms with Crippen molar-refractivity contribution < 1.29 is 23.8 Å². The lowest BCUT2D eigenvalue weighted by molar-refractivity contribution is -0.121. The minimum absolute atomic E-state index is 0.163. The normalized spacial score (nSPS) is 10.0. The highest BCUT2D eigenvalue weighted by molar-refractivity contribution is 5.95. The summed E-state index contributed by atoms with van der Waals surface area (Å²) in [5.74, 6) is 1.30. The average Bonchev–Trinajstić information content (AvgIpc) is 2.71. The van der Waals surface area contributed by atoms with E-state index in [1.165, 1.54) is 14.2 Å². The largest absolute Gasteiger partial charge is 0.497 e. The quantitative estimate of drug-likeness (QED) is 0.704. The van der Waals surface area contributed by atoms with Crippen LogP contribution in [0.1, 0.15) is 22.3 Å². The van der Waals surface area contributed by atoms with Gasteiger partial charge in [0.25, 0.3) is 5.91 Å². The SMILES string of the molecule is COc1cc(OC)cc(C(=O)NCCC(=O)NCc2ccccc2OC)c1. The standard InChI is InChI=1S/C20H24N2O5/c1-25-16-10-15(11-17(12-16)26-2)20(24)21-9-8-19(23)22-13-14-6-4-5-7-18(14)27-3/h4-7,10-12H,8-9,13H2,1-3H3,(H,21,24)(H,22,23). The highest BCUT2D eigenvalue weighted by atomic mass is 16.5. The van der Waals surface area contributed by atoms with E-state index in [1.807, 2.05) is 24.3 Å². The van der Waals surface area contributed by atoms with Crippen LogP contribution in [0.5, 0.6) is 17.2 Å². The third kappa shape index (κ3) is 5.91. The summed E-state index contributed by atoms with van der Waals surface area (Å²) in [6.45, 7) is 0.583. The van der Waals surface area contributed by atoms with Crippen molar-refractivity contribution in [1.82, 2.24) is 10.6 Å². The fraction of sp³-hybridized carbons (Fsp3) is 0.300. The van der Waals surface area contributed by atoms with Gasteiger partial charge in [0.05, 0.1) is 21.3 Å². The van der Waals surface area contributed by atoms with Gasteiger partial charge in [-0.2, -0.15) is 0 Å². The molecule has 0 saturated carbocycles. The second-order valence-corrected chi connectivity index (χ2v) is 5.70. The molecule has 0 heterocycles. The van der Waals surface area contributed by atoms with Crippen LogP contribution in [0.2, 0.25) is 0 Å². The van der Waals surface area contributed by atoms with E-state index < -0.39 is 0 Å². The summed E-state index contributed by atoms with van der Waals surface area (Å²) in [6, 6.07) is 12.4. The molecular formula is C20H24N2O5. The first-order chi connectivity index (χ1) is 13.1. The molecule has 0 saturated heterocycles. The number of rotatable bonds is 9.